The fourth-order valence-electron chi connectivity index (χ4n) is 6.51. The standard InChI is InChI=1S/C39H42F2O7/c1-2-21-45-38(43)10-6-7-26-11-18-32-33(19-17-31(42)25-47-37-22-30(40)16-20-34(37)41)36(23-35(32)46-24-26)48-39(44)29-14-12-28(13-15-29)27-8-4-3-5-9-27/h3-5,8-9,12-17,19-20,22,26,32-33,35-36H,2,6-7,10-11,18,21,23-25H2,1H3/b19-17+. The Bertz CT molecular complexity index is 1560. The number of carbonyl (C=O) groups excluding carboxylic acids is 3. The van der Waals surface area contributed by atoms with E-state index in [1.807, 2.05) is 49.4 Å². The zero-order chi connectivity index (χ0) is 33.9. The first-order valence-electron chi connectivity index (χ1n) is 16.7. The number of hydrogen-bond donors (Lipinski definition) is 0. The van der Waals surface area contributed by atoms with Crippen molar-refractivity contribution in [2.24, 2.45) is 17.8 Å². The van der Waals surface area contributed by atoms with Gasteiger partial charge in [-0.15, -0.1) is 0 Å². The zero-order valence-electron chi connectivity index (χ0n) is 27.2. The minimum Gasteiger partial charge on any atom is -0.482 e. The maximum atomic E-state index is 14.0. The van der Waals surface area contributed by atoms with Gasteiger partial charge in [-0.2, -0.15) is 0 Å². The molecule has 0 spiro atoms. The Morgan fingerprint density at radius 1 is 0.958 bits per heavy atom. The molecule has 0 bridgehead atoms. The molecule has 0 N–H and O–H groups in total. The fraction of sp³-hybridized carbons (Fsp3) is 0.410. The van der Waals surface area contributed by atoms with Crippen molar-refractivity contribution in [2.75, 3.05) is 19.8 Å². The van der Waals surface area contributed by atoms with Crippen LogP contribution in [0, 0.1) is 29.4 Å². The van der Waals surface area contributed by atoms with Gasteiger partial charge in [0, 0.05) is 31.4 Å². The highest BCUT2D eigenvalue weighted by atomic mass is 19.1. The summed E-state index contributed by atoms with van der Waals surface area (Å²) in [4.78, 5) is 38.1. The molecule has 1 aliphatic heterocycles. The number of ether oxygens (including phenoxy) is 4. The molecule has 7 nitrogen and oxygen atoms in total. The van der Waals surface area contributed by atoms with Gasteiger partial charge < -0.3 is 18.9 Å². The van der Waals surface area contributed by atoms with Gasteiger partial charge in [-0.25, -0.2) is 13.6 Å². The second-order valence-electron chi connectivity index (χ2n) is 12.5. The van der Waals surface area contributed by atoms with Crippen LogP contribution in [0.3, 0.4) is 0 Å². The SMILES string of the molecule is CCCOC(=O)CCCC1CCC2C(CC(OC(=O)c3ccc(-c4ccccc4)cc3)C2/C=C/C(=O)COc2cc(F)ccc2F)OC1. The molecular formula is C39H42F2O7. The monoisotopic (exact) mass is 660 g/mol. The predicted molar refractivity (Wildman–Crippen MR) is 176 cm³/mol. The van der Waals surface area contributed by atoms with Crippen LogP contribution in [-0.4, -0.2) is 49.8 Å². The molecule has 5 atom stereocenters. The molecule has 1 saturated heterocycles. The van der Waals surface area contributed by atoms with Gasteiger partial charge in [-0.05, 0) is 85.4 Å². The number of esters is 2. The number of carbonyl (C=O) groups is 3. The molecule has 5 unspecified atom stereocenters. The highest BCUT2D eigenvalue weighted by Gasteiger charge is 2.46. The third-order valence-electron chi connectivity index (χ3n) is 9.03. The molecule has 3 aromatic carbocycles. The Balaban J connectivity index is 1.24. The minimum atomic E-state index is -0.765. The average molecular weight is 661 g/mol. The van der Waals surface area contributed by atoms with E-state index in [1.165, 1.54) is 6.08 Å². The molecule has 2 aliphatic rings. The van der Waals surface area contributed by atoms with Crippen LogP contribution in [-0.2, 0) is 23.8 Å². The smallest absolute Gasteiger partial charge is 0.338 e. The van der Waals surface area contributed by atoms with Crippen LogP contribution in [0.4, 0.5) is 8.78 Å². The van der Waals surface area contributed by atoms with Crippen molar-refractivity contribution in [1.82, 2.24) is 0 Å². The van der Waals surface area contributed by atoms with Crippen LogP contribution in [0.2, 0.25) is 0 Å². The Labute approximate surface area is 280 Å². The van der Waals surface area contributed by atoms with Gasteiger partial charge in [0.15, 0.2) is 24.0 Å². The van der Waals surface area contributed by atoms with Crippen LogP contribution < -0.4 is 4.74 Å². The normalized spacial score (nSPS) is 22.1. The first kappa shape index (κ1) is 35.0. The molecule has 48 heavy (non-hydrogen) atoms. The first-order chi connectivity index (χ1) is 23.3. The number of rotatable bonds is 14. The third-order valence-corrected chi connectivity index (χ3v) is 9.03. The maximum absolute atomic E-state index is 14.0. The van der Waals surface area contributed by atoms with Crippen LogP contribution in [0.25, 0.3) is 11.1 Å². The van der Waals surface area contributed by atoms with E-state index in [2.05, 4.69) is 0 Å². The van der Waals surface area contributed by atoms with E-state index in [9.17, 15) is 23.2 Å². The molecule has 254 valence electrons. The Morgan fingerprint density at radius 3 is 2.50 bits per heavy atom. The van der Waals surface area contributed by atoms with Gasteiger partial charge >= 0.3 is 11.9 Å². The number of benzene rings is 3. The summed E-state index contributed by atoms with van der Waals surface area (Å²) < 4.78 is 50.4. The number of ketones is 1. The summed E-state index contributed by atoms with van der Waals surface area (Å²) in [6.07, 6.45) is 7.27. The van der Waals surface area contributed by atoms with Crippen molar-refractivity contribution in [1.29, 1.82) is 0 Å². The molecule has 1 aliphatic carbocycles. The molecule has 5 rings (SSSR count). The molecule has 0 amide bonds. The van der Waals surface area contributed by atoms with E-state index >= 15 is 0 Å². The third kappa shape index (κ3) is 9.60. The van der Waals surface area contributed by atoms with E-state index in [0.29, 0.717) is 31.6 Å². The van der Waals surface area contributed by atoms with E-state index in [-0.39, 0.29) is 35.6 Å². The maximum Gasteiger partial charge on any atom is 0.338 e. The zero-order valence-corrected chi connectivity index (χ0v) is 27.2. The van der Waals surface area contributed by atoms with Crippen LogP contribution in [0.15, 0.2) is 84.9 Å². The summed E-state index contributed by atoms with van der Waals surface area (Å²) >= 11 is 0. The molecule has 2 fully saturated rings. The lowest BCUT2D eigenvalue weighted by atomic mass is 9.86. The quantitative estimate of drug-likeness (QED) is 0.128. The molecule has 9 heteroatoms. The summed E-state index contributed by atoms with van der Waals surface area (Å²) in [5, 5.41) is 0. The molecule has 1 saturated carbocycles. The van der Waals surface area contributed by atoms with Gasteiger partial charge in [0.1, 0.15) is 11.9 Å². The van der Waals surface area contributed by atoms with E-state index in [0.717, 1.165) is 61.4 Å². The van der Waals surface area contributed by atoms with Crippen molar-refractivity contribution < 1.29 is 42.1 Å². The number of fused-ring (bicyclic) bond motifs is 1. The van der Waals surface area contributed by atoms with Crippen molar-refractivity contribution in [3.8, 4) is 16.9 Å². The topological polar surface area (TPSA) is 88.1 Å². The molecular weight excluding hydrogens is 618 g/mol. The van der Waals surface area contributed by atoms with Crippen molar-refractivity contribution in [2.45, 2.75) is 64.1 Å². The Kier molecular flexibility index (Phi) is 12.5. The second kappa shape index (κ2) is 17.2. The molecule has 0 radical (unpaired) electrons. The van der Waals surface area contributed by atoms with Crippen LogP contribution in [0.1, 0.15) is 62.2 Å². The minimum absolute atomic E-state index is 0.00610. The van der Waals surface area contributed by atoms with Gasteiger partial charge in [-0.1, -0.05) is 55.5 Å². The summed E-state index contributed by atoms with van der Waals surface area (Å²) in [7, 11) is 0. The molecule has 1 heterocycles. The highest BCUT2D eigenvalue weighted by molar-refractivity contribution is 5.91. The van der Waals surface area contributed by atoms with Crippen LogP contribution >= 0.6 is 0 Å². The first-order valence-corrected chi connectivity index (χ1v) is 16.7. The van der Waals surface area contributed by atoms with Gasteiger partial charge in [0.25, 0.3) is 0 Å². The van der Waals surface area contributed by atoms with Crippen LogP contribution in [0.5, 0.6) is 5.75 Å². The Hall–Kier alpha value is -4.37. The Morgan fingerprint density at radius 2 is 1.73 bits per heavy atom. The van der Waals surface area contributed by atoms with Gasteiger partial charge in [0.2, 0.25) is 0 Å². The van der Waals surface area contributed by atoms with Crippen molar-refractivity contribution in [3.05, 3.63) is 102 Å². The molecule has 0 aromatic heterocycles. The lowest BCUT2D eigenvalue weighted by Gasteiger charge is -2.23. The van der Waals surface area contributed by atoms with Gasteiger partial charge in [-0.3, -0.25) is 9.59 Å². The predicted octanol–water partition coefficient (Wildman–Crippen LogP) is 7.92. The number of hydrogen-bond acceptors (Lipinski definition) is 7. The second-order valence-corrected chi connectivity index (χ2v) is 12.5. The van der Waals surface area contributed by atoms with Gasteiger partial charge in [0.05, 0.1) is 18.3 Å². The highest BCUT2D eigenvalue weighted by Crippen LogP contribution is 2.43. The van der Waals surface area contributed by atoms with Crippen molar-refractivity contribution >= 4 is 17.7 Å². The van der Waals surface area contributed by atoms with Crippen molar-refractivity contribution in [3.63, 3.8) is 0 Å². The summed E-state index contributed by atoms with van der Waals surface area (Å²) in [5.41, 5.74) is 2.44. The lowest BCUT2D eigenvalue weighted by molar-refractivity contribution is -0.143. The largest absolute Gasteiger partial charge is 0.482 e. The summed E-state index contributed by atoms with van der Waals surface area (Å²) in [6, 6.07) is 19.9. The average Bonchev–Trinajstić information content (AvgIpc) is 3.29. The van der Waals surface area contributed by atoms with E-state index in [4.69, 9.17) is 18.9 Å². The van der Waals surface area contributed by atoms with E-state index in [1.54, 1.807) is 18.2 Å². The molecule has 3 aromatic rings. The summed E-state index contributed by atoms with van der Waals surface area (Å²) in [6.45, 7) is 2.46. The fourth-order valence-corrected chi connectivity index (χ4v) is 6.51. The number of halogens is 2. The lowest BCUT2D eigenvalue weighted by Crippen LogP contribution is -2.25. The summed E-state index contributed by atoms with van der Waals surface area (Å²) in [5.74, 6) is -2.89. The van der Waals surface area contributed by atoms with E-state index < -0.39 is 36.1 Å².